The van der Waals surface area contributed by atoms with E-state index in [9.17, 15) is 22.8 Å². The van der Waals surface area contributed by atoms with Crippen LogP contribution in [-0.2, 0) is 11.2 Å². The highest BCUT2D eigenvalue weighted by Gasteiger charge is 2.24. The smallest absolute Gasteiger partial charge is 0.281 e. The van der Waals surface area contributed by atoms with Crippen LogP contribution in [0.15, 0.2) is 30.5 Å². The van der Waals surface area contributed by atoms with Crippen LogP contribution >= 0.6 is 0 Å². The number of H-pyrrole nitrogens is 1. The Morgan fingerprint density at radius 3 is 2.47 bits per heavy atom. The average Bonchev–Trinajstić information content (AvgIpc) is 3.12. The third-order valence-electron chi connectivity index (χ3n) is 5.47. The number of aromatic nitrogens is 3. The number of alkyl halides is 2. The van der Waals surface area contributed by atoms with Crippen LogP contribution in [0.5, 0.6) is 0 Å². The van der Waals surface area contributed by atoms with Crippen LogP contribution in [0, 0.1) is 25.1 Å². The fourth-order valence-corrected chi connectivity index (χ4v) is 3.36. The number of nitrogens with zero attached hydrogens (tertiary/aromatic N) is 2. The Balaban J connectivity index is 1.84. The third kappa shape index (κ3) is 5.70. The zero-order chi connectivity index (χ0) is 25.2. The fraction of sp³-hybridized carbons (Fsp3) is 0.360. The molecule has 0 saturated heterocycles. The number of nitrogens with one attached hydrogen (secondary N) is 2. The first kappa shape index (κ1) is 25.1. The number of benzene rings is 1. The molecule has 1 amide bonds. The Morgan fingerprint density at radius 1 is 1.15 bits per heavy atom. The predicted molar refractivity (Wildman–Crippen MR) is 123 cm³/mol. The fourth-order valence-electron chi connectivity index (χ4n) is 3.36. The number of carbonyl (C=O) groups is 2. The number of imidazole rings is 1. The molecular formula is C25H27F3N4O2. The number of hydrogen-bond acceptors (Lipinski definition) is 4. The average molecular weight is 473 g/mol. The van der Waals surface area contributed by atoms with E-state index in [1.165, 1.54) is 18.3 Å². The van der Waals surface area contributed by atoms with Crippen molar-refractivity contribution in [3.63, 3.8) is 0 Å². The van der Waals surface area contributed by atoms with Crippen LogP contribution in [0.4, 0.5) is 19.1 Å². The number of anilines is 1. The Hall–Kier alpha value is -3.49. The number of rotatable bonds is 7. The van der Waals surface area contributed by atoms with Crippen LogP contribution in [0.3, 0.4) is 0 Å². The summed E-state index contributed by atoms with van der Waals surface area (Å²) in [4.78, 5) is 36.0. The Kier molecular flexibility index (Phi) is 7.24. The van der Waals surface area contributed by atoms with Crippen molar-refractivity contribution in [2.45, 2.75) is 53.9 Å². The van der Waals surface area contributed by atoms with Gasteiger partial charge in [0.2, 0.25) is 5.95 Å². The SMILES string of the molecule is Cc1ccc(-c2nc(NC(=O)c3cc(CCC(=O)C(C)(C)C)cnc3C(F)F)[nH]c2C)cc1F. The van der Waals surface area contributed by atoms with Crippen LogP contribution in [0.2, 0.25) is 0 Å². The molecule has 0 unspecified atom stereocenters. The first-order valence-corrected chi connectivity index (χ1v) is 10.8. The molecule has 0 aliphatic heterocycles. The van der Waals surface area contributed by atoms with Gasteiger partial charge in [-0.15, -0.1) is 0 Å². The summed E-state index contributed by atoms with van der Waals surface area (Å²) in [6, 6.07) is 5.99. The molecule has 0 aliphatic rings. The lowest BCUT2D eigenvalue weighted by molar-refractivity contribution is -0.126. The van der Waals surface area contributed by atoms with Crippen molar-refractivity contribution in [3.05, 3.63) is 64.4 Å². The molecular weight excluding hydrogens is 445 g/mol. The Labute approximate surface area is 196 Å². The van der Waals surface area contributed by atoms with Gasteiger partial charge in [0.1, 0.15) is 17.3 Å². The standard InChI is InChI=1S/C25H27F3N4O2/c1-13-6-8-16(11-18(13)26)20-14(2)30-24(31-20)32-23(34)17-10-15(12-29-21(17)22(27)28)7-9-19(33)25(3,4)5/h6,8,10-12,22H,7,9H2,1-5H3,(H2,30,31,32,34). The van der Waals surface area contributed by atoms with Gasteiger partial charge in [0.25, 0.3) is 12.3 Å². The van der Waals surface area contributed by atoms with E-state index in [-0.39, 0.29) is 36.0 Å². The molecule has 2 N–H and O–H groups in total. The summed E-state index contributed by atoms with van der Waals surface area (Å²) in [6.07, 6.45) is -1.23. The lowest BCUT2D eigenvalue weighted by Crippen LogP contribution is -2.21. The molecule has 1 aromatic carbocycles. The van der Waals surface area contributed by atoms with E-state index in [2.05, 4.69) is 20.3 Å². The number of halogens is 3. The van der Waals surface area contributed by atoms with Gasteiger partial charge in [0.05, 0.1) is 11.3 Å². The molecule has 180 valence electrons. The lowest BCUT2D eigenvalue weighted by atomic mass is 9.87. The summed E-state index contributed by atoms with van der Waals surface area (Å²) in [5.74, 6) is -1.16. The van der Waals surface area contributed by atoms with Crippen molar-refractivity contribution in [3.8, 4) is 11.3 Å². The summed E-state index contributed by atoms with van der Waals surface area (Å²) >= 11 is 0. The zero-order valence-corrected chi connectivity index (χ0v) is 19.7. The number of carbonyl (C=O) groups excluding carboxylic acids is 2. The van der Waals surface area contributed by atoms with Crippen LogP contribution in [-0.4, -0.2) is 26.6 Å². The summed E-state index contributed by atoms with van der Waals surface area (Å²) in [5, 5.41) is 2.49. The molecule has 2 heterocycles. The van der Waals surface area contributed by atoms with Gasteiger partial charge in [-0.3, -0.25) is 19.9 Å². The van der Waals surface area contributed by atoms with Gasteiger partial charge in [0, 0.05) is 29.3 Å². The number of pyridine rings is 1. The van der Waals surface area contributed by atoms with Crippen molar-refractivity contribution in [2.24, 2.45) is 5.41 Å². The Morgan fingerprint density at radius 2 is 1.85 bits per heavy atom. The minimum absolute atomic E-state index is 0.0163. The van der Waals surface area contributed by atoms with E-state index in [1.54, 1.807) is 46.8 Å². The molecule has 0 saturated carbocycles. The molecule has 3 aromatic rings. The maximum atomic E-state index is 14.0. The number of amides is 1. The van der Waals surface area contributed by atoms with Gasteiger partial charge in [-0.05, 0) is 43.5 Å². The van der Waals surface area contributed by atoms with Crippen molar-refractivity contribution in [2.75, 3.05) is 5.32 Å². The zero-order valence-electron chi connectivity index (χ0n) is 19.7. The second-order valence-corrected chi connectivity index (χ2v) is 9.23. The quantitative estimate of drug-likeness (QED) is 0.444. The van der Waals surface area contributed by atoms with Crippen molar-refractivity contribution < 1.29 is 22.8 Å². The first-order chi connectivity index (χ1) is 15.9. The van der Waals surface area contributed by atoms with Crippen LogP contribution in [0.25, 0.3) is 11.3 Å². The highest BCUT2D eigenvalue weighted by molar-refractivity contribution is 6.04. The molecule has 3 rings (SSSR count). The van der Waals surface area contributed by atoms with E-state index in [1.807, 2.05) is 0 Å². The van der Waals surface area contributed by atoms with E-state index < -0.39 is 23.4 Å². The molecule has 0 spiro atoms. The molecule has 0 radical (unpaired) electrons. The van der Waals surface area contributed by atoms with Crippen LogP contribution in [0.1, 0.15) is 66.5 Å². The number of ketones is 1. The summed E-state index contributed by atoms with van der Waals surface area (Å²) in [5.41, 5.74) is 1.01. The van der Waals surface area contributed by atoms with Crippen LogP contribution < -0.4 is 5.32 Å². The normalized spacial score (nSPS) is 11.7. The van der Waals surface area contributed by atoms with Gasteiger partial charge < -0.3 is 4.98 Å². The van der Waals surface area contributed by atoms with E-state index in [0.29, 0.717) is 28.1 Å². The molecule has 34 heavy (non-hydrogen) atoms. The maximum absolute atomic E-state index is 14.0. The first-order valence-electron chi connectivity index (χ1n) is 10.8. The van der Waals surface area contributed by atoms with Gasteiger partial charge in [0.15, 0.2) is 0 Å². The van der Waals surface area contributed by atoms with Gasteiger partial charge >= 0.3 is 0 Å². The maximum Gasteiger partial charge on any atom is 0.281 e. The van der Waals surface area contributed by atoms with Crippen molar-refractivity contribution in [1.29, 1.82) is 0 Å². The monoisotopic (exact) mass is 472 g/mol. The molecule has 0 fully saturated rings. The minimum atomic E-state index is -2.96. The lowest BCUT2D eigenvalue weighted by Gasteiger charge is -2.16. The van der Waals surface area contributed by atoms with Crippen molar-refractivity contribution >= 4 is 17.6 Å². The van der Waals surface area contributed by atoms with Gasteiger partial charge in [-0.2, -0.15) is 0 Å². The summed E-state index contributed by atoms with van der Waals surface area (Å²) in [6.45, 7) is 8.75. The topological polar surface area (TPSA) is 87.7 Å². The summed E-state index contributed by atoms with van der Waals surface area (Å²) in [7, 11) is 0. The predicted octanol–water partition coefficient (Wildman–Crippen LogP) is 5.97. The second kappa shape index (κ2) is 9.79. The molecule has 0 aliphatic carbocycles. The molecule has 9 heteroatoms. The van der Waals surface area contributed by atoms with E-state index >= 15 is 0 Å². The number of aryl methyl sites for hydroxylation is 3. The van der Waals surface area contributed by atoms with Gasteiger partial charge in [-0.1, -0.05) is 32.9 Å². The largest absolute Gasteiger partial charge is 0.328 e. The number of hydrogen-bond donors (Lipinski definition) is 2. The number of aromatic amines is 1. The van der Waals surface area contributed by atoms with Gasteiger partial charge in [-0.25, -0.2) is 18.2 Å². The second-order valence-electron chi connectivity index (χ2n) is 9.23. The highest BCUT2D eigenvalue weighted by Crippen LogP contribution is 2.27. The molecule has 2 aromatic heterocycles. The van der Waals surface area contributed by atoms with E-state index in [4.69, 9.17) is 0 Å². The Bertz CT molecular complexity index is 1230. The highest BCUT2D eigenvalue weighted by atomic mass is 19.3. The molecule has 6 nitrogen and oxygen atoms in total. The molecule has 0 atom stereocenters. The van der Waals surface area contributed by atoms with Crippen molar-refractivity contribution in [1.82, 2.24) is 15.0 Å². The summed E-state index contributed by atoms with van der Waals surface area (Å²) < 4.78 is 41.0. The van der Waals surface area contributed by atoms with E-state index in [0.717, 1.165) is 0 Å². The minimum Gasteiger partial charge on any atom is -0.328 e. The molecule has 0 bridgehead atoms. The number of Topliss-reactive ketones (excluding diaryl/α,β-unsaturated/α-hetero) is 1. The third-order valence-corrected chi connectivity index (χ3v) is 5.47.